The molecule has 8 nitrogen and oxygen atoms in total. The van der Waals surface area contributed by atoms with E-state index < -0.39 is 0 Å². The molecule has 0 saturated carbocycles. The van der Waals surface area contributed by atoms with E-state index in [1.54, 1.807) is 31.4 Å². The molecule has 12 heteroatoms. The van der Waals surface area contributed by atoms with Crippen LogP contribution < -0.4 is 54.4 Å². The summed E-state index contributed by atoms with van der Waals surface area (Å²) in [6.07, 6.45) is 8.29. The van der Waals surface area contributed by atoms with Crippen molar-refractivity contribution in [2.45, 2.75) is 27.7 Å². The Morgan fingerprint density at radius 3 is 1.55 bits per heavy atom. The van der Waals surface area contributed by atoms with Crippen molar-refractivity contribution in [2.24, 2.45) is 0 Å². The van der Waals surface area contributed by atoms with E-state index in [9.17, 15) is 14.7 Å². The Hall–Kier alpha value is -3.24. The summed E-state index contributed by atoms with van der Waals surface area (Å²) < 4.78 is 16.0. The van der Waals surface area contributed by atoms with Crippen LogP contribution in [-0.2, 0) is 9.59 Å². The average molecular weight is 923 g/mol. The topological polar surface area (TPSA) is 106 Å². The Morgan fingerprint density at radius 1 is 0.706 bits per heavy atom. The van der Waals surface area contributed by atoms with Crippen LogP contribution in [0, 0.1) is 13.8 Å². The average Bonchev–Trinajstić information content (AvgIpc) is 3.09. The van der Waals surface area contributed by atoms with Crippen LogP contribution in [0.1, 0.15) is 37.5 Å². The summed E-state index contributed by atoms with van der Waals surface area (Å²) in [5, 5.41) is 15.3. The molecule has 0 aliphatic heterocycles. The van der Waals surface area contributed by atoms with Crippen LogP contribution in [0.5, 0.6) is 23.0 Å². The Kier molecular flexibility index (Phi) is 24.8. The van der Waals surface area contributed by atoms with Crippen LogP contribution in [0.2, 0.25) is 0 Å². The fourth-order valence-corrected chi connectivity index (χ4v) is 4.00. The number of phenolic OH excluding ortho intramolecular Hbond substituents is 1. The molecule has 0 aliphatic rings. The van der Waals surface area contributed by atoms with E-state index in [4.69, 9.17) is 14.2 Å². The molecule has 0 fully saturated rings. The molecule has 0 saturated heterocycles. The number of hydrogen-bond donors (Lipinski definition) is 3. The summed E-state index contributed by atoms with van der Waals surface area (Å²) in [6.45, 7) is 8.51. The molecule has 3 radical (unpaired) electrons. The summed E-state index contributed by atoms with van der Waals surface area (Å²) in [4.78, 5) is 23.9. The fraction of sp³-hybridized carbons (Fsp3) is 0.179. The molecule has 0 spiro atoms. The molecule has 4 aromatic rings. The number of hydrogen-bond acceptors (Lipinski definition) is 6. The van der Waals surface area contributed by atoms with Gasteiger partial charge in [0.1, 0.15) is 6.61 Å². The van der Waals surface area contributed by atoms with Gasteiger partial charge in [0.05, 0.1) is 14.2 Å². The molecule has 263 valence electrons. The number of aryl methyl sites for hydroxylation is 2. The zero-order chi connectivity index (χ0) is 36.2. The van der Waals surface area contributed by atoms with Crippen LogP contribution in [0.3, 0.4) is 0 Å². The molecule has 2 amide bonds. The molecule has 4 aromatic carbocycles. The van der Waals surface area contributed by atoms with Gasteiger partial charge in [0.25, 0.3) is 0 Å². The molecule has 0 aliphatic carbocycles. The van der Waals surface area contributed by atoms with Gasteiger partial charge in [0.15, 0.2) is 23.0 Å². The molecule has 3 N–H and O–H groups in total. The van der Waals surface area contributed by atoms with Crippen LogP contribution in [0.25, 0.3) is 12.2 Å². The van der Waals surface area contributed by atoms with Crippen molar-refractivity contribution in [3.8, 4) is 23.0 Å². The van der Waals surface area contributed by atoms with Crippen LogP contribution in [-0.4, -0.2) is 46.2 Å². The molecule has 0 atom stereocenters. The van der Waals surface area contributed by atoms with Gasteiger partial charge < -0.3 is 31.4 Å². The molecular formula is C39H43BI2N2NaO6. The quantitative estimate of drug-likeness (QED) is 0.0657. The normalized spacial score (nSPS) is 9.80. The van der Waals surface area contributed by atoms with Crippen molar-refractivity contribution in [1.82, 2.24) is 0 Å². The molecule has 4 rings (SSSR count). The Morgan fingerprint density at radius 2 is 1.14 bits per heavy atom. The van der Waals surface area contributed by atoms with Gasteiger partial charge in [-0.05, 0) is 106 Å². The first-order valence-electron chi connectivity index (χ1n) is 15.1. The smallest absolute Gasteiger partial charge is 1.00 e. The van der Waals surface area contributed by atoms with Crippen molar-refractivity contribution < 1.29 is 59.9 Å². The van der Waals surface area contributed by atoms with Crippen LogP contribution in [0.4, 0.5) is 11.4 Å². The summed E-state index contributed by atoms with van der Waals surface area (Å²) >= 11 is 4.24. The number of amides is 2. The van der Waals surface area contributed by atoms with Gasteiger partial charge in [-0.25, -0.2) is 0 Å². The number of aromatic hydroxyl groups is 1. The number of ether oxygens (including phenoxy) is 3. The number of allylic oxidation sites excluding steroid dienone is 1. The molecule has 0 heterocycles. The number of rotatable bonds is 11. The van der Waals surface area contributed by atoms with Crippen molar-refractivity contribution in [3.63, 3.8) is 0 Å². The van der Waals surface area contributed by atoms with E-state index in [0.717, 1.165) is 28.1 Å². The van der Waals surface area contributed by atoms with Crippen molar-refractivity contribution in [1.29, 1.82) is 0 Å². The second kappa shape index (κ2) is 26.5. The third kappa shape index (κ3) is 18.7. The third-order valence-electron chi connectivity index (χ3n) is 6.61. The second-order valence-electron chi connectivity index (χ2n) is 10.8. The van der Waals surface area contributed by atoms with E-state index in [1.165, 1.54) is 30.9 Å². The Bertz CT molecular complexity index is 1750. The maximum atomic E-state index is 12.1. The number of methoxy groups -OCH3 is 2. The van der Waals surface area contributed by atoms with Gasteiger partial charge in [0.2, 0.25) is 11.8 Å². The zero-order valence-electron chi connectivity index (χ0n) is 31.0. The molecule has 0 unspecified atom stereocenters. The van der Waals surface area contributed by atoms with Gasteiger partial charge in [-0.2, -0.15) is 0 Å². The second-order valence-corrected chi connectivity index (χ2v) is 10.8. The maximum absolute atomic E-state index is 12.1. The van der Waals surface area contributed by atoms with E-state index in [2.05, 4.69) is 47.9 Å². The Labute approximate surface area is 350 Å². The van der Waals surface area contributed by atoms with Gasteiger partial charge in [-0.1, -0.05) is 53.1 Å². The van der Waals surface area contributed by atoms with E-state index >= 15 is 0 Å². The number of carbonyl (C=O) groups is 2. The number of halogens is 2. The number of phenols is 1. The Balaban J connectivity index is 0. The number of nitrogens with one attached hydrogen (secondary N) is 2. The van der Waals surface area contributed by atoms with Crippen LogP contribution >= 0.6 is 37.2 Å². The van der Waals surface area contributed by atoms with Crippen molar-refractivity contribution in [2.75, 3.05) is 31.5 Å². The minimum Gasteiger partial charge on any atom is -1.00 e. The van der Waals surface area contributed by atoms with Crippen molar-refractivity contribution >= 4 is 81.0 Å². The molecule has 0 bridgehead atoms. The summed E-state index contributed by atoms with van der Waals surface area (Å²) in [5.74, 6) is 1.33. The fourth-order valence-electron chi connectivity index (χ4n) is 4.00. The van der Waals surface area contributed by atoms with Crippen LogP contribution in [0.15, 0.2) is 109 Å². The first-order valence-corrected chi connectivity index (χ1v) is 21.4. The summed E-state index contributed by atoms with van der Waals surface area (Å²) in [7, 11) is 3.09. The minimum atomic E-state index is -0.228. The maximum Gasteiger partial charge on any atom is 1.00 e. The third-order valence-corrected chi connectivity index (χ3v) is 6.61. The van der Waals surface area contributed by atoms with Gasteiger partial charge in [0, 0.05) is 69.2 Å². The number of carbonyl (C=O) groups excluding carboxylic acids is 2. The zero-order valence-corrected chi connectivity index (χ0v) is 36.3. The van der Waals surface area contributed by atoms with E-state index in [1.807, 2.05) is 101 Å². The molecule has 51 heavy (non-hydrogen) atoms. The van der Waals surface area contributed by atoms with Gasteiger partial charge >= 0.3 is 29.6 Å². The minimum absolute atomic E-state index is 0. The van der Waals surface area contributed by atoms with E-state index in [0.29, 0.717) is 29.4 Å². The van der Waals surface area contributed by atoms with Gasteiger partial charge in [-0.3, -0.25) is 9.59 Å². The predicted octanol–water partition coefficient (Wildman–Crippen LogP) is 6.87. The first-order chi connectivity index (χ1) is 23.6. The SMILES string of the molecule is COc1ccc(/C=C/C(=O)Nc2ccc(C)cc2)cc1O.COc1ccc(/C=C/C(=O)Nc2ccc(C)cc2)cc1OCC=C(C)C.II.[B].[H-].[Na+]. The van der Waals surface area contributed by atoms with E-state index in [-0.39, 0.29) is 57.0 Å². The predicted molar refractivity (Wildman–Crippen MR) is 225 cm³/mol. The summed E-state index contributed by atoms with van der Waals surface area (Å²) in [5.41, 5.74) is 6.56. The standard InChI is InChI=1S/C22H25NO3.C17H17NO3.B.I2.Na.H/c1-16(2)13-14-26-21-15-18(7-11-20(21)25-4)8-12-22(24)23-19-9-5-17(3)6-10-19;1-12-3-7-14(8-4-12)18-17(20)10-6-13-5-9-16(21-2)15(19)11-13;;1-2;;/h5-13,15H,14H2,1-4H3,(H,23,24);3-11,19H,1-2H3,(H,18,20);;;;/q;;;;+1;-1/b12-8+;10-6+;;;;. The number of benzene rings is 4. The molecular weight excluding hydrogens is 880 g/mol. The largest absolute Gasteiger partial charge is 1.00 e. The summed E-state index contributed by atoms with van der Waals surface area (Å²) in [6, 6.07) is 25.7. The monoisotopic (exact) mass is 923 g/mol. The molecule has 0 aromatic heterocycles. The first kappa shape index (κ1) is 47.8. The van der Waals surface area contributed by atoms with Gasteiger partial charge in [-0.15, -0.1) is 0 Å². The van der Waals surface area contributed by atoms with Crippen molar-refractivity contribution in [3.05, 3.63) is 131 Å². The number of anilines is 2.